The highest BCUT2D eigenvalue weighted by Gasteiger charge is 2.43. The molecule has 2 aliphatic heterocycles. The van der Waals surface area contributed by atoms with E-state index in [-0.39, 0.29) is 29.2 Å². The van der Waals surface area contributed by atoms with Gasteiger partial charge < -0.3 is 14.5 Å². The van der Waals surface area contributed by atoms with Crippen molar-refractivity contribution in [2.75, 3.05) is 26.2 Å². The van der Waals surface area contributed by atoms with Gasteiger partial charge in [0.15, 0.2) is 0 Å². The van der Waals surface area contributed by atoms with Crippen LogP contribution in [-0.2, 0) is 21.4 Å². The molecule has 2 fully saturated rings. The van der Waals surface area contributed by atoms with E-state index in [0.29, 0.717) is 47.4 Å². The van der Waals surface area contributed by atoms with E-state index in [1.54, 1.807) is 28.0 Å². The van der Waals surface area contributed by atoms with Gasteiger partial charge in [-0.3, -0.25) is 4.79 Å². The van der Waals surface area contributed by atoms with Crippen LogP contribution in [0.1, 0.15) is 15.9 Å². The van der Waals surface area contributed by atoms with Crippen LogP contribution in [0, 0.1) is 11.8 Å². The van der Waals surface area contributed by atoms with Crippen molar-refractivity contribution in [1.29, 1.82) is 0 Å². The molecule has 0 spiro atoms. The summed E-state index contributed by atoms with van der Waals surface area (Å²) in [5.74, 6) is 0.152. The van der Waals surface area contributed by atoms with Crippen LogP contribution in [0.2, 0.25) is 10.0 Å². The highest BCUT2D eigenvalue weighted by atomic mass is 35.5. The molecular weight excluding hydrogens is 477 g/mol. The molecule has 0 unspecified atom stereocenters. The summed E-state index contributed by atoms with van der Waals surface area (Å²) >= 11 is 11.9. The van der Waals surface area contributed by atoms with Gasteiger partial charge in [-0.25, -0.2) is 18.4 Å². The molecule has 2 aliphatic rings. The second kappa shape index (κ2) is 8.90. The molecule has 2 N–H and O–H groups in total. The van der Waals surface area contributed by atoms with Crippen LogP contribution in [0.15, 0.2) is 47.4 Å². The summed E-state index contributed by atoms with van der Waals surface area (Å²) in [7, 11) is -3.81. The van der Waals surface area contributed by atoms with Gasteiger partial charge in [0, 0.05) is 53.6 Å². The van der Waals surface area contributed by atoms with Gasteiger partial charge in [0.25, 0.3) is 5.91 Å². The fourth-order valence-electron chi connectivity index (χ4n) is 4.21. The first-order chi connectivity index (χ1) is 15.1. The van der Waals surface area contributed by atoms with E-state index in [1.807, 2.05) is 0 Å². The molecule has 2 saturated heterocycles. The minimum atomic E-state index is -3.81. The number of fused-ring (bicyclic) bond motifs is 1. The maximum absolute atomic E-state index is 12.8. The van der Waals surface area contributed by atoms with Crippen LogP contribution in [0.25, 0.3) is 0 Å². The van der Waals surface area contributed by atoms with Crippen molar-refractivity contribution in [3.8, 4) is 0 Å². The quantitative estimate of drug-likeness (QED) is 0.697. The topological polar surface area (TPSA) is 110 Å². The number of primary sulfonamides is 1. The van der Waals surface area contributed by atoms with Crippen LogP contribution in [0.5, 0.6) is 0 Å². The Hall–Kier alpha value is -2.33. The lowest BCUT2D eigenvalue weighted by atomic mass is 10.0. The number of benzene rings is 2. The molecule has 2 heterocycles. The van der Waals surface area contributed by atoms with E-state index in [4.69, 9.17) is 33.1 Å². The van der Waals surface area contributed by atoms with E-state index in [0.717, 1.165) is 0 Å². The molecule has 170 valence electrons. The highest BCUT2D eigenvalue weighted by molar-refractivity contribution is 7.89. The molecule has 11 heteroatoms. The Morgan fingerprint density at radius 1 is 0.938 bits per heavy atom. The summed E-state index contributed by atoms with van der Waals surface area (Å²) in [6.07, 6.45) is -0.410. The van der Waals surface area contributed by atoms with E-state index >= 15 is 0 Å². The number of halogens is 2. The van der Waals surface area contributed by atoms with Crippen molar-refractivity contribution in [2.45, 2.75) is 11.5 Å². The maximum atomic E-state index is 12.8. The average molecular weight is 498 g/mol. The molecule has 2 aromatic rings. The molecular formula is C21H21Cl2N3O5S. The first kappa shape index (κ1) is 22.8. The van der Waals surface area contributed by atoms with Gasteiger partial charge in [0.1, 0.15) is 6.61 Å². The smallest absolute Gasteiger partial charge is 0.410 e. The molecule has 8 nitrogen and oxygen atoms in total. The van der Waals surface area contributed by atoms with Gasteiger partial charge in [-0.15, -0.1) is 0 Å². The van der Waals surface area contributed by atoms with E-state index in [9.17, 15) is 18.0 Å². The summed E-state index contributed by atoms with van der Waals surface area (Å²) in [6.45, 7) is 2.13. The van der Waals surface area contributed by atoms with Crippen molar-refractivity contribution in [2.24, 2.45) is 17.0 Å². The van der Waals surface area contributed by atoms with Gasteiger partial charge in [0.2, 0.25) is 10.0 Å². The third-order valence-electron chi connectivity index (χ3n) is 5.75. The summed E-state index contributed by atoms with van der Waals surface area (Å²) in [6, 6.07) is 10.6. The molecule has 0 bridgehead atoms. The fraction of sp³-hybridized carbons (Fsp3) is 0.333. The van der Waals surface area contributed by atoms with Gasteiger partial charge >= 0.3 is 6.09 Å². The summed E-state index contributed by atoms with van der Waals surface area (Å²) < 4.78 is 28.1. The largest absolute Gasteiger partial charge is 0.445 e. The van der Waals surface area contributed by atoms with E-state index in [1.165, 1.54) is 24.3 Å². The Bertz CT molecular complexity index is 1120. The zero-order valence-corrected chi connectivity index (χ0v) is 19.2. The Balaban J connectivity index is 1.30. The Labute approximate surface area is 195 Å². The molecule has 2 aromatic carbocycles. The van der Waals surface area contributed by atoms with Crippen LogP contribution in [-0.4, -0.2) is 56.4 Å². The van der Waals surface area contributed by atoms with Crippen molar-refractivity contribution in [3.05, 3.63) is 63.6 Å². The van der Waals surface area contributed by atoms with Crippen LogP contribution in [0.3, 0.4) is 0 Å². The molecule has 4 rings (SSSR count). The van der Waals surface area contributed by atoms with Crippen LogP contribution in [0.4, 0.5) is 4.79 Å². The average Bonchev–Trinajstić information content (AvgIpc) is 3.30. The van der Waals surface area contributed by atoms with Crippen molar-refractivity contribution < 1.29 is 22.7 Å². The lowest BCUT2D eigenvalue weighted by Crippen LogP contribution is -2.35. The SMILES string of the molecule is NS(=O)(=O)c1ccc(C(=O)N2C[C@H]3CN(C(=O)OCc4cc(Cl)cc(Cl)c4)C[C@H]3C2)cc1. The number of hydrogen-bond acceptors (Lipinski definition) is 5. The van der Waals surface area contributed by atoms with Crippen molar-refractivity contribution in [1.82, 2.24) is 9.80 Å². The molecule has 0 aromatic heterocycles. The van der Waals surface area contributed by atoms with Crippen molar-refractivity contribution >= 4 is 45.2 Å². The Kier molecular flexibility index (Phi) is 6.35. The predicted octanol–water partition coefficient (Wildman–Crippen LogP) is 2.98. The molecule has 0 saturated carbocycles. The van der Waals surface area contributed by atoms with E-state index in [2.05, 4.69) is 0 Å². The Morgan fingerprint density at radius 2 is 1.47 bits per heavy atom. The van der Waals surface area contributed by atoms with Gasteiger partial charge in [0.05, 0.1) is 4.90 Å². The summed E-state index contributed by atoms with van der Waals surface area (Å²) in [5.41, 5.74) is 1.11. The predicted molar refractivity (Wildman–Crippen MR) is 119 cm³/mol. The number of carbonyl (C=O) groups is 2. The number of nitrogens with two attached hydrogens (primary N) is 1. The summed E-state index contributed by atoms with van der Waals surface area (Å²) in [5, 5.41) is 6.05. The third kappa shape index (κ3) is 5.01. The number of nitrogens with zero attached hydrogens (tertiary/aromatic N) is 2. The third-order valence-corrected chi connectivity index (χ3v) is 7.11. The number of likely N-dealkylation sites (tertiary alicyclic amines) is 2. The lowest BCUT2D eigenvalue weighted by molar-refractivity contribution is 0.0764. The minimum Gasteiger partial charge on any atom is -0.445 e. The van der Waals surface area contributed by atoms with Crippen molar-refractivity contribution in [3.63, 3.8) is 0 Å². The first-order valence-electron chi connectivity index (χ1n) is 9.89. The normalized spacial score (nSPS) is 20.3. The number of carbonyl (C=O) groups excluding carboxylic acids is 2. The molecule has 0 aliphatic carbocycles. The first-order valence-corrected chi connectivity index (χ1v) is 12.2. The number of amides is 2. The molecule has 2 atom stereocenters. The number of ether oxygens (including phenoxy) is 1. The minimum absolute atomic E-state index is 0.0402. The Morgan fingerprint density at radius 3 is 2.00 bits per heavy atom. The highest BCUT2D eigenvalue weighted by Crippen LogP contribution is 2.32. The van der Waals surface area contributed by atoms with E-state index < -0.39 is 16.1 Å². The van der Waals surface area contributed by atoms with Crippen LogP contribution < -0.4 is 5.14 Å². The second-order valence-electron chi connectivity index (χ2n) is 8.04. The molecule has 2 amide bonds. The second-order valence-corrected chi connectivity index (χ2v) is 10.5. The van der Waals surface area contributed by atoms with Gasteiger partial charge in [-0.05, 0) is 48.0 Å². The molecule has 32 heavy (non-hydrogen) atoms. The van der Waals surface area contributed by atoms with Gasteiger partial charge in [-0.2, -0.15) is 0 Å². The van der Waals surface area contributed by atoms with Crippen LogP contribution >= 0.6 is 23.2 Å². The fourth-order valence-corrected chi connectivity index (χ4v) is 5.30. The standard InChI is InChI=1S/C21H21Cl2N3O5S/c22-17-5-13(6-18(23)7-17)12-31-21(28)26-10-15-8-25(9-16(15)11-26)20(27)14-1-3-19(4-2-14)32(24,29)30/h1-7,15-16H,8-12H2,(H2,24,29,30)/t15-,16+. The zero-order valence-electron chi connectivity index (χ0n) is 16.9. The summed E-state index contributed by atoms with van der Waals surface area (Å²) in [4.78, 5) is 28.6. The maximum Gasteiger partial charge on any atom is 0.410 e. The molecule has 0 radical (unpaired) electrons. The number of sulfonamides is 1. The number of hydrogen-bond donors (Lipinski definition) is 1. The lowest BCUT2D eigenvalue weighted by Gasteiger charge is -2.21. The monoisotopic (exact) mass is 497 g/mol. The number of rotatable bonds is 4. The zero-order chi connectivity index (χ0) is 23.0. The van der Waals surface area contributed by atoms with Gasteiger partial charge in [-0.1, -0.05) is 23.2 Å².